The highest BCUT2D eigenvalue weighted by molar-refractivity contribution is 5.68. The molecule has 5 heteroatoms. The zero-order chi connectivity index (χ0) is 12.4. The number of likely N-dealkylation sites (tertiary alicyclic amines) is 1. The maximum atomic E-state index is 11.9. The minimum absolute atomic E-state index is 0.241. The van der Waals surface area contributed by atoms with E-state index in [1.165, 1.54) is 0 Å². The third-order valence-electron chi connectivity index (χ3n) is 3.44. The molecule has 2 aliphatic rings. The molecular formula is C13H16N2O3. The fraction of sp³-hybridized carbons (Fsp3) is 0.462. The molecular weight excluding hydrogens is 232 g/mol. The molecule has 0 bridgehead atoms. The maximum absolute atomic E-state index is 11.9. The van der Waals surface area contributed by atoms with E-state index in [1.807, 2.05) is 30.3 Å². The molecule has 2 aliphatic heterocycles. The third-order valence-corrected chi connectivity index (χ3v) is 3.44. The number of carbonyl (C=O) groups excluding carboxylic acids is 1. The summed E-state index contributed by atoms with van der Waals surface area (Å²) < 4.78 is 5.30. The van der Waals surface area contributed by atoms with Crippen molar-refractivity contribution in [2.45, 2.75) is 12.6 Å². The average molecular weight is 248 g/mol. The number of fused-ring (bicyclic) bond motifs is 1. The van der Waals surface area contributed by atoms with E-state index in [9.17, 15) is 4.79 Å². The molecule has 2 atom stereocenters. The fourth-order valence-corrected chi connectivity index (χ4v) is 2.40. The zero-order valence-corrected chi connectivity index (χ0v) is 10.0. The van der Waals surface area contributed by atoms with Gasteiger partial charge >= 0.3 is 6.09 Å². The number of nitrogens with zero attached hydrogens (tertiary/aromatic N) is 1. The van der Waals surface area contributed by atoms with Crippen LogP contribution in [0.4, 0.5) is 4.79 Å². The van der Waals surface area contributed by atoms with Crippen molar-refractivity contribution in [3.05, 3.63) is 35.9 Å². The summed E-state index contributed by atoms with van der Waals surface area (Å²) in [5.74, 6) is 0.397. The summed E-state index contributed by atoms with van der Waals surface area (Å²) in [6.07, 6.45) is -0.241. The van der Waals surface area contributed by atoms with Crippen molar-refractivity contribution in [2.24, 2.45) is 5.92 Å². The fourth-order valence-electron chi connectivity index (χ4n) is 2.40. The molecule has 0 aromatic heterocycles. The van der Waals surface area contributed by atoms with Crippen molar-refractivity contribution < 1.29 is 14.4 Å². The van der Waals surface area contributed by atoms with Gasteiger partial charge in [-0.2, -0.15) is 5.48 Å². The van der Waals surface area contributed by atoms with Gasteiger partial charge in [0.25, 0.3) is 0 Å². The number of nitrogens with one attached hydrogen (secondary N) is 1. The van der Waals surface area contributed by atoms with Gasteiger partial charge in [-0.1, -0.05) is 30.3 Å². The zero-order valence-electron chi connectivity index (χ0n) is 10.0. The van der Waals surface area contributed by atoms with Crippen LogP contribution in [0.15, 0.2) is 30.3 Å². The molecule has 1 N–H and O–H groups in total. The van der Waals surface area contributed by atoms with E-state index < -0.39 is 0 Å². The van der Waals surface area contributed by atoms with Crippen molar-refractivity contribution in [3.8, 4) is 0 Å². The Morgan fingerprint density at radius 3 is 3.00 bits per heavy atom. The van der Waals surface area contributed by atoms with E-state index in [-0.39, 0.29) is 12.1 Å². The lowest BCUT2D eigenvalue weighted by atomic mass is 10.1. The smallest absolute Gasteiger partial charge is 0.410 e. The monoisotopic (exact) mass is 248 g/mol. The summed E-state index contributed by atoms with van der Waals surface area (Å²) in [5.41, 5.74) is 3.93. The average Bonchev–Trinajstić information content (AvgIpc) is 2.98. The van der Waals surface area contributed by atoms with Crippen LogP contribution in [0.5, 0.6) is 0 Å². The minimum atomic E-state index is -0.241. The Morgan fingerprint density at radius 1 is 1.39 bits per heavy atom. The van der Waals surface area contributed by atoms with Crippen molar-refractivity contribution >= 4 is 6.09 Å². The molecule has 1 aromatic carbocycles. The van der Waals surface area contributed by atoms with E-state index >= 15 is 0 Å². The minimum Gasteiger partial charge on any atom is -0.445 e. The predicted octanol–water partition coefficient (Wildman–Crippen LogP) is 1.16. The molecule has 5 nitrogen and oxygen atoms in total. The summed E-state index contributed by atoms with van der Waals surface area (Å²) in [6, 6.07) is 9.96. The van der Waals surface area contributed by atoms with E-state index in [2.05, 4.69) is 5.48 Å². The second-order valence-corrected chi connectivity index (χ2v) is 4.74. The van der Waals surface area contributed by atoms with Crippen LogP contribution in [0.1, 0.15) is 5.56 Å². The predicted molar refractivity (Wildman–Crippen MR) is 64.6 cm³/mol. The Bertz CT molecular complexity index is 412. The summed E-state index contributed by atoms with van der Waals surface area (Å²) in [7, 11) is 0. The van der Waals surface area contributed by atoms with Crippen molar-refractivity contribution in [1.29, 1.82) is 0 Å². The molecule has 2 saturated heterocycles. The Labute approximate surface area is 106 Å². The number of hydroxylamine groups is 1. The lowest BCUT2D eigenvalue weighted by Crippen LogP contribution is -2.33. The van der Waals surface area contributed by atoms with Crippen LogP contribution in [-0.4, -0.2) is 36.7 Å². The highest BCUT2D eigenvalue weighted by atomic mass is 16.7. The second kappa shape index (κ2) is 4.96. The number of rotatable bonds is 2. The van der Waals surface area contributed by atoms with E-state index in [0.717, 1.165) is 5.56 Å². The van der Waals surface area contributed by atoms with Crippen LogP contribution >= 0.6 is 0 Å². The Hall–Kier alpha value is -1.59. The van der Waals surface area contributed by atoms with Gasteiger partial charge in [-0.25, -0.2) is 4.79 Å². The Kier molecular flexibility index (Phi) is 3.17. The summed E-state index contributed by atoms with van der Waals surface area (Å²) >= 11 is 0. The van der Waals surface area contributed by atoms with E-state index in [1.54, 1.807) is 4.90 Å². The van der Waals surface area contributed by atoms with Crippen molar-refractivity contribution in [1.82, 2.24) is 10.4 Å². The standard InChI is InChI=1S/C13H16N2O3/c16-13(17-8-10-4-2-1-3-5-10)15-6-11-9-18-14-12(11)7-15/h1-5,11-12,14H,6-9H2/t11-,12+/m0/s1. The molecule has 1 aromatic rings. The normalized spacial score (nSPS) is 26.1. The van der Waals surface area contributed by atoms with Crippen LogP contribution in [0.25, 0.3) is 0 Å². The first-order valence-corrected chi connectivity index (χ1v) is 6.16. The van der Waals surface area contributed by atoms with Crippen LogP contribution in [0, 0.1) is 5.92 Å². The quantitative estimate of drug-likeness (QED) is 0.853. The van der Waals surface area contributed by atoms with Crippen molar-refractivity contribution in [2.75, 3.05) is 19.7 Å². The molecule has 2 fully saturated rings. The highest BCUT2D eigenvalue weighted by Crippen LogP contribution is 2.22. The topological polar surface area (TPSA) is 50.8 Å². The molecule has 0 radical (unpaired) electrons. The van der Waals surface area contributed by atoms with Gasteiger partial charge in [0.2, 0.25) is 0 Å². The van der Waals surface area contributed by atoms with Gasteiger partial charge < -0.3 is 14.5 Å². The number of hydrogen-bond acceptors (Lipinski definition) is 4. The number of ether oxygens (including phenoxy) is 1. The van der Waals surface area contributed by atoms with Crippen LogP contribution in [0.3, 0.4) is 0 Å². The van der Waals surface area contributed by atoms with Gasteiger partial charge in [-0.05, 0) is 5.56 Å². The van der Waals surface area contributed by atoms with Crippen molar-refractivity contribution in [3.63, 3.8) is 0 Å². The van der Waals surface area contributed by atoms with Crippen LogP contribution < -0.4 is 5.48 Å². The lowest BCUT2D eigenvalue weighted by Gasteiger charge is -2.17. The first kappa shape index (κ1) is 11.5. The van der Waals surface area contributed by atoms with E-state index in [4.69, 9.17) is 9.57 Å². The van der Waals surface area contributed by atoms with Gasteiger partial charge in [0, 0.05) is 19.0 Å². The largest absolute Gasteiger partial charge is 0.445 e. The Morgan fingerprint density at radius 2 is 2.22 bits per heavy atom. The molecule has 0 saturated carbocycles. The van der Waals surface area contributed by atoms with Gasteiger partial charge in [-0.15, -0.1) is 0 Å². The SMILES string of the molecule is O=C(OCc1ccccc1)N1C[C@H]2CON[C@@H]2C1. The second-order valence-electron chi connectivity index (χ2n) is 4.74. The van der Waals surface area contributed by atoms with Gasteiger partial charge in [-0.3, -0.25) is 0 Å². The highest BCUT2D eigenvalue weighted by Gasteiger charge is 2.39. The first-order valence-electron chi connectivity index (χ1n) is 6.16. The maximum Gasteiger partial charge on any atom is 0.410 e. The first-order chi connectivity index (χ1) is 8.83. The molecule has 0 aliphatic carbocycles. The van der Waals surface area contributed by atoms with Gasteiger partial charge in [0.05, 0.1) is 12.6 Å². The van der Waals surface area contributed by atoms with Gasteiger partial charge in [0.15, 0.2) is 0 Å². The number of carbonyl (C=O) groups is 1. The molecule has 2 heterocycles. The number of benzene rings is 1. The van der Waals surface area contributed by atoms with Crippen LogP contribution in [-0.2, 0) is 16.2 Å². The van der Waals surface area contributed by atoms with Gasteiger partial charge in [0.1, 0.15) is 6.61 Å². The Balaban J connectivity index is 1.50. The molecule has 0 spiro atoms. The summed E-state index contributed by atoms with van der Waals surface area (Å²) in [5, 5.41) is 0. The molecule has 18 heavy (non-hydrogen) atoms. The summed E-state index contributed by atoms with van der Waals surface area (Å²) in [4.78, 5) is 18.8. The molecule has 0 unspecified atom stereocenters. The lowest BCUT2D eigenvalue weighted by molar-refractivity contribution is 0.0628. The number of hydrogen-bond donors (Lipinski definition) is 1. The molecule has 3 rings (SSSR count). The summed E-state index contributed by atoms with van der Waals surface area (Å²) in [6.45, 7) is 2.38. The molecule has 1 amide bonds. The molecule has 96 valence electrons. The van der Waals surface area contributed by atoms with Crippen LogP contribution in [0.2, 0.25) is 0 Å². The third kappa shape index (κ3) is 2.32. The number of amides is 1. The van der Waals surface area contributed by atoms with E-state index in [0.29, 0.717) is 32.2 Å².